The molecule has 1 aromatic carbocycles. The van der Waals surface area contributed by atoms with Gasteiger partial charge in [-0.15, -0.1) is 0 Å². The molecule has 2 heterocycles. The molecule has 3 aliphatic rings. The van der Waals surface area contributed by atoms with Crippen LogP contribution in [0.4, 0.5) is 9.18 Å². The van der Waals surface area contributed by atoms with Crippen LogP contribution in [0.2, 0.25) is 0 Å². The van der Waals surface area contributed by atoms with Gasteiger partial charge in [-0.2, -0.15) is 0 Å². The Labute approximate surface area is 162 Å². The highest BCUT2D eigenvalue weighted by Gasteiger charge is 2.53. The van der Waals surface area contributed by atoms with Crippen molar-refractivity contribution in [1.29, 1.82) is 0 Å². The van der Waals surface area contributed by atoms with E-state index in [1.807, 2.05) is 0 Å². The minimum atomic E-state index is -0.500. The number of ether oxygens (including phenoxy) is 1. The monoisotopic (exact) mass is 389 g/mol. The van der Waals surface area contributed by atoms with Crippen LogP contribution in [0, 0.1) is 23.6 Å². The first-order valence-electron chi connectivity index (χ1n) is 9.61. The number of hydrogen-bond acceptors (Lipinski definition) is 5. The standard InChI is InChI=1S/C20H24FN3O4/c1-28-7-6-24-18-17(19(26)23-20(24)27)14-8-12(9-16(25)15(14)10-22-18)11-2-4-13(21)5-3-11/h2-5,12,14-15,17-18,22H,6-10H2,1H3,(H,23,26,27). The van der Waals surface area contributed by atoms with Gasteiger partial charge in [0.05, 0.1) is 18.7 Å². The summed E-state index contributed by atoms with van der Waals surface area (Å²) in [6.45, 7) is 1.17. The lowest BCUT2D eigenvalue weighted by Gasteiger charge is -2.51. The number of urea groups is 1. The molecule has 1 aliphatic carbocycles. The van der Waals surface area contributed by atoms with E-state index in [2.05, 4.69) is 10.6 Å². The number of hydrogen-bond donors (Lipinski definition) is 2. The number of benzene rings is 1. The first-order valence-corrected chi connectivity index (χ1v) is 9.61. The quantitative estimate of drug-likeness (QED) is 0.809. The summed E-state index contributed by atoms with van der Waals surface area (Å²) >= 11 is 0. The van der Waals surface area contributed by atoms with Gasteiger partial charge in [-0.05, 0) is 36.0 Å². The molecule has 5 atom stereocenters. The molecule has 0 bridgehead atoms. The number of carbonyl (C=O) groups excluding carboxylic acids is 3. The second-order valence-electron chi connectivity index (χ2n) is 7.78. The largest absolute Gasteiger partial charge is 0.383 e. The third kappa shape index (κ3) is 3.31. The van der Waals surface area contributed by atoms with Crippen molar-refractivity contribution in [3.8, 4) is 0 Å². The third-order valence-electron chi connectivity index (χ3n) is 6.29. The summed E-state index contributed by atoms with van der Waals surface area (Å²) in [4.78, 5) is 39.4. The molecule has 150 valence electrons. The average Bonchev–Trinajstić information content (AvgIpc) is 2.67. The molecule has 4 rings (SSSR count). The van der Waals surface area contributed by atoms with Crippen molar-refractivity contribution in [2.75, 3.05) is 26.8 Å². The number of fused-ring (bicyclic) bond motifs is 3. The van der Waals surface area contributed by atoms with Crippen LogP contribution in [0.5, 0.6) is 0 Å². The van der Waals surface area contributed by atoms with E-state index in [0.29, 0.717) is 32.5 Å². The third-order valence-corrected chi connectivity index (χ3v) is 6.29. The normalized spacial score (nSPS) is 32.6. The zero-order valence-corrected chi connectivity index (χ0v) is 15.7. The second kappa shape index (κ2) is 7.60. The highest BCUT2D eigenvalue weighted by atomic mass is 19.1. The number of imide groups is 1. The van der Waals surface area contributed by atoms with Crippen molar-refractivity contribution in [3.63, 3.8) is 0 Å². The lowest BCUT2D eigenvalue weighted by Crippen LogP contribution is -2.71. The molecule has 3 amide bonds. The SMILES string of the molecule is COCCN1C(=O)NC(=O)C2C3CC(c4ccc(F)cc4)CC(=O)C3CNC21. The number of rotatable bonds is 4. The van der Waals surface area contributed by atoms with Crippen LogP contribution < -0.4 is 10.6 Å². The summed E-state index contributed by atoms with van der Waals surface area (Å²) in [6.07, 6.45) is 0.599. The molecule has 2 saturated heterocycles. The smallest absolute Gasteiger partial charge is 0.325 e. The Morgan fingerprint density at radius 3 is 2.68 bits per heavy atom. The highest BCUT2D eigenvalue weighted by molar-refractivity contribution is 5.99. The first-order chi connectivity index (χ1) is 13.5. The molecule has 1 saturated carbocycles. The number of halogens is 1. The Bertz CT molecular complexity index is 784. The van der Waals surface area contributed by atoms with Gasteiger partial charge in [0.2, 0.25) is 5.91 Å². The Morgan fingerprint density at radius 1 is 1.21 bits per heavy atom. The summed E-state index contributed by atoms with van der Waals surface area (Å²) in [5, 5.41) is 5.69. The number of nitrogens with zero attached hydrogens (tertiary/aromatic N) is 1. The van der Waals surface area contributed by atoms with Gasteiger partial charge in [0, 0.05) is 32.5 Å². The van der Waals surface area contributed by atoms with Gasteiger partial charge >= 0.3 is 6.03 Å². The van der Waals surface area contributed by atoms with Gasteiger partial charge in [0.25, 0.3) is 0 Å². The number of ketones is 1. The molecule has 2 aliphatic heterocycles. The fourth-order valence-electron chi connectivity index (χ4n) is 4.93. The van der Waals surface area contributed by atoms with Crippen LogP contribution in [-0.2, 0) is 14.3 Å². The number of methoxy groups -OCH3 is 1. The number of Topliss-reactive ketones (excluding diaryl/α,β-unsaturated/α-hetero) is 1. The highest BCUT2D eigenvalue weighted by Crippen LogP contribution is 2.45. The van der Waals surface area contributed by atoms with Gasteiger partial charge in [-0.1, -0.05) is 12.1 Å². The van der Waals surface area contributed by atoms with Gasteiger partial charge in [-0.3, -0.25) is 20.2 Å². The topological polar surface area (TPSA) is 87.7 Å². The van der Waals surface area contributed by atoms with E-state index in [9.17, 15) is 18.8 Å². The minimum absolute atomic E-state index is 0.0500. The molecule has 1 aromatic rings. The predicted molar refractivity (Wildman–Crippen MR) is 97.8 cm³/mol. The van der Waals surface area contributed by atoms with Crippen LogP contribution in [0.3, 0.4) is 0 Å². The van der Waals surface area contributed by atoms with E-state index in [4.69, 9.17) is 4.74 Å². The number of carbonyl (C=O) groups is 3. The van der Waals surface area contributed by atoms with E-state index in [1.54, 1.807) is 24.1 Å². The van der Waals surface area contributed by atoms with Crippen molar-refractivity contribution < 1.29 is 23.5 Å². The average molecular weight is 389 g/mol. The zero-order valence-electron chi connectivity index (χ0n) is 15.7. The maximum atomic E-state index is 13.3. The van der Waals surface area contributed by atoms with Crippen molar-refractivity contribution in [3.05, 3.63) is 35.6 Å². The molecule has 5 unspecified atom stereocenters. The van der Waals surface area contributed by atoms with Crippen LogP contribution >= 0.6 is 0 Å². The fourth-order valence-corrected chi connectivity index (χ4v) is 4.93. The summed E-state index contributed by atoms with van der Waals surface area (Å²) in [6, 6.07) is 5.78. The number of amides is 3. The lowest BCUT2D eigenvalue weighted by molar-refractivity contribution is -0.142. The Hall–Kier alpha value is -2.32. The van der Waals surface area contributed by atoms with Gasteiger partial charge in [0.15, 0.2) is 0 Å². The second-order valence-corrected chi connectivity index (χ2v) is 7.78. The molecule has 2 N–H and O–H groups in total. The predicted octanol–water partition coefficient (Wildman–Crippen LogP) is 1.25. The summed E-state index contributed by atoms with van der Waals surface area (Å²) in [5.74, 6) is -1.50. The molecule has 28 heavy (non-hydrogen) atoms. The van der Waals surface area contributed by atoms with E-state index in [-0.39, 0.29) is 35.3 Å². The van der Waals surface area contributed by atoms with Crippen LogP contribution in [0.15, 0.2) is 24.3 Å². The van der Waals surface area contributed by atoms with Gasteiger partial charge < -0.3 is 9.64 Å². The number of nitrogens with one attached hydrogen (secondary N) is 2. The van der Waals surface area contributed by atoms with Crippen LogP contribution in [0.1, 0.15) is 24.3 Å². The summed E-state index contributed by atoms with van der Waals surface area (Å²) < 4.78 is 18.4. The molecule has 0 aromatic heterocycles. The fraction of sp³-hybridized carbons (Fsp3) is 0.550. The van der Waals surface area contributed by atoms with Crippen molar-refractivity contribution in [2.24, 2.45) is 17.8 Å². The van der Waals surface area contributed by atoms with E-state index in [1.165, 1.54) is 12.1 Å². The maximum Gasteiger partial charge on any atom is 0.325 e. The molecule has 0 spiro atoms. The van der Waals surface area contributed by atoms with Crippen molar-refractivity contribution in [2.45, 2.75) is 24.9 Å². The van der Waals surface area contributed by atoms with Crippen molar-refractivity contribution in [1.82, 2.24) is 15.5 Å². The Kier molecular flexibility index (Phi) is 5.16. The molecular weight excluding hydrogens is 365 g/mol. The van der Waals surface area contributed by atoms with Gasteiger partial charge in [-0.25, -0.2) is 9.18 Å². The Morgan fingerprint density at radius 2 is 1.96 bits per heavy atom. The molecule has 3 fully saturated rings. The number of piperidine rings is 1. The van der Waals surface area contributed by atoms with E-state index in [0.717, 1.165) is 5.56 Å². The maximum absolute atomic E-state index is 13.3. The molecule has 7 nitrogen and oxygen atoms in total. The first kappa shape index (κ1) is 19.0. The Balaban J connectivity index is 1.60. The molecular formula is C20H24FN3O4. The minimum Gasteiger partial charge on any atom is -0.383 e. The zero-order chi connectivity index (χ0) is 19.8. The molecule has 8 heteroatoms. The van der Waals surface area contributed by atoms with Gasteiger partial charge in [0.1, 0.15) is 11.6 Å². The van der Waals surface area contributed by atoms with Crippen LogP contribution in [-0.4, -0.2) is 55.6 Å². The van der Waals surface area contributed by atoms with E-state index < -0.39 is 18.1 Å². The van der Waals surface area contributed by atoms with Crippen molar-refractivity contribution >= 4 is 17.7 Å². The summed E-state index contributed by atoms with van der Waals surface area (Å²) in [5.41, 5.74) is 0.909. The summed E-state index contributed by atoms with van der Waals surface area (Å²) in [7, 11) is 1.56. The van der Waals surface area contributed by atoms with Crippen LogP contribution in [0.25, 0.3) is 0 Å². The van der Waals surface area contributed by atoms with E-state index >= 15 is 0 Å². The lowest BCUT2D eigenvalue weighted by atomic mass is 9.63. The molecule has 0 radical (unpaired) electrons.